The van der Waals surface area contributed by atoms with Gasteiger partial charge < -0.3 is 36.7 Å². The monoisotopic (exact) mass is 789 g/mol. The van der Waals surface area contributed by atoms with Crippen molar-refractivity contribution >= 4 is 0 Å². The van der Waals surface area contributed by atoms with E-state index in [9.17, 15) is 0 Å². The summed E-state index contributed by atoms with van der Waals surface area (Å²) in [5.74, 6) is 3.91. The molecule has 0 aromatic heterocycles. The molecular weight excluding hydrogens is 693 g/mol. The summed E-state index contributed by atoms with van der Waals surface area (Å²) >= 11 is 0. The minimum Gasteiger partial charge on any atom is -0.378 e. The van der Waals surface area contributed by atoms with Crippen LogP contribution >= 0.6 is 0 Å². The molecule has 330 valence electrons. The summed E-state index contributed by atoms with van der Waals surface area (Å²) in [6, 6.07) is 0. The van der Waals surface area contributed by atoms with Gasteiger partial charge in [0.05, 0.1) is 18.3 Å². The molecule has 0 heterocycles. The highest BCUT2D eigenvalue weighted by molar-refractivity contribution is 5.15. The maximum atomic E-state index is 7.07. The van der Waals surface area contributed by atoms with E-state index < -0.39 is 0 Å². The molecule has 4 unspecified atom stereocenters. The van der Waals surface area contributed by atoms with E-state index in [0.29, 0.717) is 78.9 Å². The summed E-state index contributed by atoms with van der Waals surface area (Å²) in [5.41, 5.74) is 18.3. The van der Waals surface area contributed by atoms with Crippen molar-refractivity contribution in [3.05, 3.63) is 0 Å². The molecule has 7 N–H and O–H groups in total. The summed E-state index contributed by atoms with van der Waals surface area (Å²) in [7, 11) is 0. The molecule has 7 nitrogen and oxygen atoms in total. The number of unbranched alkanes of at least 4 members (excludes halogenated alkanes) is 13. The van der Waals surface area contributed by atoms with Crippen molar-refractivity contribution in [3.8, 4) is 0 Å². The Kier molecular flexibility index (Phi) is 23.2. The van der Waals surface area contributed by atoms with Crippen LogP contribution in [-0.4, -0.2) is 70.9 Å². The predicted octanol–water partition coefficient (Wildman–Crippen LogP) is 10.6. The first-order valence-electron chi connectivity index (χ1n) is 25.0. The van der Waals surface area contributed by atoms with Crippen LogP contribution in [0.5, 0.6) is 0 Å². The van der Waals surface area contributed by atoms with Crippen LogP contribution in [0.15, 0.2) is 0 Å². The fourth-order valence-corrected chi connectivity index (χ4v) is 12.9. The standard InChI is InChI=1S/C49H96N4O3/c1-5-6-7-8-9-10-11-12-13-14-15-16-17-18-31-53-32-19-23-39(2)42-24-25-43-47-44(38-46(49(42,43)4)56-35-22-30-52)48(3)27-26-41(54-33-20-28-50)36-40(48)37-45(47)55-34-21-29-51/h39-47,53H,5-38,50-52H2,1-4H3/t39?,40?,41-,42?,43+,44+,45-,46+,47?,48+,49-/m1/s1. The average Bonchev–Trinajstić information content (AvgIpc) is 3.56. The molecule has 0 aliphatic heterocycles. The van der Waals surface area contributed by atoms with Crippen LogP contribution in [0.3, 0.4) is 0 Å². The van der Waals surface area contributed by atoms with Crippen molar-refractivity contribution in [3.63, 3.8) is 0 Å². The van der Waals surface area contributed by atoms with Crippen LogP contribution in [0.25, 0.3) is 0 Å². The number of hydrogen-bond donors (Lipinski definition) is 4. The van der Waals surface area contributed by atoms with Crippen LogP contribution in [0, 0.1) is 46.3 Å². The first-order valence-corrected chi connectivity index (χ1v) is 25.0. The van der Waals surface area contributed by atoms with Gasteiger partial charge in [0.2, 0.25) is 0 Å². The summed E-state index contributed by atoms with van der Waals surface area (Å²) in [5, 5.41) is 3.82. The summed E-state index contributed by atoms with van der Waals surface area (Å²) in [6.45, 7) is 17.0. The van der Waals surface area contributed by atoms with E-state index in [2.05, 4.69) is 33.0 Å². The molecule has 0 radical (unpaired) electrons. The van der Waals surface area contributed by atoms with Crippen molar-refractivity contribution < 1.29 is 14.2 Å². The van der Waals surface area contributed by atoms with E-state index in [1.807, 2.05) is 0 Å². The van der Waals surface area contributed by atoms with E-state index >= 15 is 0 Å². The number of fused-ring (bicyclic) bond motifs is 5. The van der Waals surface area contributed by atoms with Crippen molar-refractivity contribution in [1.29, 1.82) is 0 Å². The zero-order valence-electron chi connectivity index (χ0n) is 37.7. The smallest absolute Gasteiger partial charge is 0.0637 e. The molecule has 4 rings (SSSR count). The Bertz CT molecular complexity index is 1000. The molecule has 7 heteroatoms. The van der Waals surface area contributed by atoms with Crippen molar-refractivity contribution in [2.45, 2.75) is 213 Å². The lowest BCUT2D eigenvalue weighted by Gasteiger charge is -2.65. The van der Waals surface area contributed by atoms with Gasteiger partial charge in [0, 0.05) is 25.2 Å². The maximum absolute atomic E-state index is 7.07. The molecule has 0 saturated heterocycles. The van der Waals surface area contributed by atoms with E-state index in [4.69, 9.17) is 31.4 Å². The van der Waals surface area contributed by atoms with Gasteiger partial charge in [-0.15, -0.1) is 0 Å². The van der Waals surface area contributed by atoms with Crippen molar-refractivity contribution in [2.24, 2.45) is 63.5 Å². The molecule has 11 atom stereocenters. The molecule has 4 fully saturated rings. The highest BCUT2D eigenvalue weighted by Gasteiger charge is 2.66. The molecule has 0 spiro atoms. The Morgan fingerprint density at radius 1 is 0.607 bits per heavy atom. The number of ether oxygens (including phenoxy) is 3. The minimum absolute atomic E-state index is 0.179. The highest BCUT2D eigenvalue weighted by atomic mass is 16.5. The van der Waals surface area contributed by atoms with Gasteiger partial charge in [-0.3, -0.25) is 0 Å². The average molecular weight is 789 g/mol. The van der Waals surface area contributed by atoms with Crippen molar-refractivity contribution in [1.82, 2.24) is 5.32 Å². The third-order valence-corrected chi connectivity index (χ3v) is 16.2. The largest absolute Gasteiger partial charge is 0.378 e. The molecule has 0 aromatic carbocycles. The number of rotatable bonds is 32. The van der Waals surface area contributed by atoms with Crippen LogP contribution in [-0.2, 0) is 14.2 Å². The van der Waals surface area contributed by atoms with Crippen LogP contribution in [0.1, 0.15) is 195 Å². The van der Waals surface area contributed by atoms with E-state index in [1.165, 1.54) is 148 Å². The molecule has 0 bridgehead atoms. The van der Waals surface area contributed by atoms with Gasteiger partial charge >= 0.3 is 0 Å². The molecule has 0 aromatic rings. The highest BCUT2D eigenvalue weighted by Crippen LogP contribution is 2.69. The van der Waals surface area contributed by atoms with E-state index in [-0.39, 0.29) is 5.41 Å². The predicted molar refractivity (Wildman–Crippen MR) is 238 cm³/mol. The fraction of sp³-hybridized carbons (Fsp3) is 1.00. The second kappa shape index (κ2) is 26.8. The second-order valence-electron chi connectivity index (χ2n) is 19.9. The Morgan fingerprint density at radius 3 is 1.80 bits per heavy atom. The number of hydrogen-bond acceptors (Lipinski definition) is 7. The van der Waals surface area contributed by atoms with Gasteiger partial charge in [-0.2, -0.15) is 0 Å². The van der Waals surface area contributed by atoms with E-state index in [1.54, 1.807) is 0 Å². The third kappa shape index (κ3) is 13.9. The number of nitrogens with one attached hydrogen (secondary N) is 1. The summed E-state index contributed by atoms with van der Waals surface area (Å²) in [4.78, 5) is 0. The van der Waals surface area contributed by atoms with Gasteiger partial charge in [-0.05, 0) is 157 Å². The van der Waals surface area contributed by atoms with Gasteiger partial charge in [0.15, 0.2) is 0 Å². The number of nitrogens with two attached hydrogens (primary N) is 3. The van der Waals surface area contributed by atoms with Gasteiger partial charge in [0.1, 0.15) is 0 Å². The Morgan fingerprint density at radius 2 is 1.18 bits per heavy atom. The van der Waals surface area contributed by atoms with Crippen LogP contribution < -0.4 is 22.5 Å². The molecule has 4 aliphatic carbocycles. The zero-order chi connectivity index (χ0) is 40.1. The summed E-state index contributed by atoms with van der Waals surface area (Å²) < 4.78 is 20.5. The maximum Gasteiger partial charge on any atom is 0.0637 e. The first-order chi connectivity index (χ1) is 27.3. The molecule has 4 saturated carbocycles. The van der Waals surface area contributed by atoms with Crippen LogP contribution in [0.4, 0.5) is 0 Å². The van der Waals surface area contributed by atoms with E-state index in [0.717, 1.165) is 52.0 Å². The van der Waals surface area contributed by atoms with Crippen LogP contribution in [0.2, 0.25) is 0 Å². The fourth-order valence-electron chi connectivity index (χ4n) is 12.9. The third-order valence-electron chi connectivity index (χ3n) is 16.2. The molecule has 4 aliphatic rings. The topological polar surface area (TPSA) is 118 Å². The zero-order valence-corrected chi connectivity index (χ0v) is 37.7. The van der Waals surface area contributed by atoms with Gasteiger partial charge in [-0.1, -0.05) is 111 Å². The lowest BCUT2D eigenvalue weighted by molar-refractivity contribution is -0.227. The molecular formula is C49H96N4O3. The SMILES string of the molecule is CCCCCCCCCCCCCCCCNCCCC(C)C1CC[C@H]2C3[C@H](OCCCN)CC4C[C@H](OCCCN)CC[C@]4(C)[C@H]3C[C@H](OCCCN)[C@]12C. The normalized spacial score (nSPS) is 33.3. The molecule has 56 heavy (non-hydrogen) atoms. The first kappa shape index (κ1) is 48.4. The molecule has 0 amide bonds. The Balaban J connectivity index is 1.26. The van der Waals surface area contributed by atoms with Gasteiger partial charge in [-0.25, -0.2) is 0 Å². The van der Waals surface area contributed by atoms with Crippen molar-refractivity contribution in [2.75, 3.05) is 52.5 Å². The Labute approximate surface area is 347 Å². The second-order valence-corrected chi connectivity index (χ2v) is 19.9. The lowest BCUT2D eigenvalue weighted by atomic mass is 9.43. The summed E-state index contributed by atoms with van der Waals surface area (Å²) in [6.07, 6.45) is 35.0. The lowest BCUT2D eigenvalue weighted by Crippen LogP contribution is -2.63. The quantitative estimate of drug-likeness (QED) is 0.0501. The Hall–Kier alpha value is -0.280. The minimum atomic E-state index is 0.179. The van der Waals surface area contributed by atoms with Gasteiger partial charge in [0.25, 0.3) is 0 Å².